The molecule has 3 rings (SSSR count). The number of hydrogen-bond donors (Lipinski definition) is 1. The molecule has 10 heteroatoms. The fourth-order valence-electron chi connectivity index (χ4n) is 3.56. The summed E-state index contributed by atoms with van der Waals surface area (Å²) in [6.45, 7) is 5.79. The summed E-state index contributed by atoms with van der Waals surface area (Å²) in [5.41, 5.74) is 0.541. The van der Waals surface area contributed by atoms with Crippen molar-refractivity contribution in [2.24, 2.45) is 7.05 Å². The first-order valence-corrected chi connectivity index (χ1v) is 9.24. The van der Waals surface area contributed by atoms with Crippen molar-refractivity contribution in [3.63, 3.8) is 0 Å². The van der Waals surface area contributed by atoms with Gasteiger partial charge in [0.2, 0.25) is 0 Å². The number of anilines is 1. The van der Waals surface area contributed by atoms with Gasteiger partial charge in [0.1, 0.15) is 0 Å². The van der Waals surface area contributed by atoms with E-state index in [0.29, 0.717) is 57.5 Å². The molecule has 1 unspecified atom stereocenters. The number of amides is 2. The molecular weight excluding hydrogens is 352 g/mol. The Kier molecular flexibility index (Phi) is 5.85. The van der Waals surface area contributed by atoms with Gasteiger partial charge in [-0.25, -0.2) is 9.78 Å². The zero-order chi connectivity index (χ0) is 19.6. The lowest BCUT2D eigenvalue weighted by molar-refractivity contribution is 0.0377. The minimum Gasteiger partial charge on any atom is -0.450 e. The quantitative estimate of drug-likeness (QED) is 0.729. The number of nitrogens with zero attached hydrogens (tertiary/aromatic N) is 6. The van der Waals surface area contributed by atoms with Crippen LogP contribution in [-0.4, -0.2) is 107 Å². The largest absolute Gasteiger partial charge is 0.450 e. The van der Waals surface area contributed by atoms with Crippen molar-refractivity contribution >= 4 is 17.8 Å². The summed E-state index contributed by atoms with van der Waals surface area (Å²) < 4.78 is 6.72. The molecule has 2 aliphatic heterocycles. The summed E-state index contributed by atoms with van der Waals surface area (Å²) in [4.78, 5) is 36.0. The van der Waals surface area contributed by atoms with Crippen LogP contribution in [0.25, 0.3) is 0 Å². The molecule has 0 bridgehead atoms. The van der Waals surface area contributed by atoms with Crippen LogP contribution in [0.15, 0.2) is 6.33 Å². The van der Waals surface area contributed by atoms with Crippen LogP contribution >= 0.6 is 0 Å². The van der Waals surface area contributed by atoms with E-state index in [9.17, 15) is 14.7 Å². The van der Waals surface area contributed by atoms with Gasteiger partial charge in [-0.2, -0.15) is 0 Å². The van der Waals surface area contributed by atoms with Crippen LogP contribution in [-0.2, 0) is 11.8 Å². The minimum absolute atomic E-state index is 0.116. The molecule has 0 spiro atoms. The van der Waals surface area contributed by atoms with Gasteiger partial charge in [0, 0.05) is 53.4 Å². The fourth-order valence-corrected chi connectivity index (χ4v) is 3.56. The number of ether oxygens (including phenoxy) is 1. The molecule has 150 valence electrons. The van der Waals surface area contributed by atoms with Crippen molar-refractivity contribution in [1.29, 1.82) is 0 Å². The number of carbonyl (C=O) groups excluding carboxylic acids is 2. The molecule has 10 nitrogen and oxygen atoms in total. The molecule has 1 aromatic heterocycles. The molecule has 2 aliphatic rings. The molecule has 1 aromatic rings. The highest BCUT2D eigenvalue weighted by Gasteiger charge is 2.33. The second kappa shape index (κ2) is 8.13. The molecule has 1 fully saturated rings. The van der Waals surface area contributed by atoms with Gasteiger partial charge >= 0.3 is 6.09 Å². The van der Waals surface area contributed by atoms with Crippen molar-refractivity contribution < 1.29 is 19.4 Å². The third kappa shape index (κ3) is 4.16. The fraction of sp³-hybridized carbons (Fsp3) is 0.706. The summed E-state index contributed by atoms with van der Waals surface area (Å²) in [5.74, 6) is 0.553. The molecule has 0 radical (unpaired) electrons. The third-order valence-electron chi connectivity index (χ3n) is 4.95. The van der Waals surface area contributed by atoms with Crippen LogP contribution in [0.3, 0.4) is 0 Å². The van der Waals surface area contributed by atoms with E-state index in [4.69, 9.17) is 4.74 Å². The molecule has 0 saturated carbocycles. The van der Waals surface area contributed by atoms with E-state index in [1.807, 2.05) is 11.9 Å². The second-order valence-corrected chi connectivity index (χ2v) is 7.04. The van der Waals surface area contributed by atoms with Crippen LogP contribution in [0.5, 0.6) is 0 Å². The van der Waals surface area contributed by atoms with E-state index in [2.05, 4.69) is 9.88 Å². The highest BCUT2D eigenvalue weighted by molar-refractivity contribution is 5.99. The van der Waals surface area contributed by atoms with Gasteiger partial charge in [-0.05, 0) is 6.92 Å². The van der Waals surface area contributed by atoms with Gasteiger partial charge in [-0.1, -0.05) is 0 Å². The van der Waals surface area contributed by atoms with E-state index >= 15 is 0 Å². The summed E-state index contributed by atoms with van der Waals surface area (Å²) in [5, 5.41) is 10.5. The second-order valence-electron chi connectivity index (χ2n) is 7.04. The summed E-state index contributed by atoms with van der Waals surface area (Å²) in [6.07, 6.45) is 0.681. The summed E-state index contributed by atoms with van der Waals surface area (Å²) in [7, 11) is 3.67. The maximum absolute atomic E-state index is 12.7. The third-order valence-corrected chi connectivity index (χ3v) is 4.95. The van der Waals surface area contributed by atoms with Crippen molar-refractivity contribution in [3.8, 4) is 0 Å². The monoisotopic (exact) mass is 380 g/mol. The number of aromatic nitrogens is 2. The Balaban J connectivity index is 1.50. The van der Waals surface area contributed by atoms with Gasteiger partial charge < -0.3 is 29.1 Å². The first-order chi connectivity index (χ1) is 12.9. The highest BCUT2D eigenvalue weighted by atomic mass is 16.6. The van der Waals surface area contributed by atoms with Crippen LogP contribution < -0.4 is 4.90 Å². The van der Waals surface area contributed by atoms with Crippen molar-refractivity contribution in [3.05, 3.63) is 12.0 Å². The average Bonchev–Trinajstić information content (AvgIpc) is 3.02. The van der Waals surface area contributed by atoms with Crippen LogP contribution in [0.2, 0.25) is 0 Å². The van der Waals surface area contributed by atoms with Crippen molar-refractivity contribution in [2.75, 3.05) is 64.5 Å². The lowest BCUT2D eigenvalue weighted by Crippen LogP contribution is -2.53. The van der Waals surface area contributed by atoms with Crippen LogP contribution in [0.1, 0.15) is 17.4 Å². The maximum atomic E-state index is 12.7. The first-order valence-electron chi connectivity index (χ1n) is 9.24. The number of imidazole rings is 1. The Morgan fingerprint density at radius 3 is 2.63 bits per heavy atom. The highest BCUT2D eigenvalue weighted by Crippen LogP contribution is 2.24. The predicted octanol–water partition coefficient (Wildman–Crippen LogP) is -0.595. The normalized spacial score (nSPS) is 19.3. The molecule has 1 N–H and O–H groups in total. The van der Waals surface area contributed by atoms with E-state index in [1.54, 1.807) is 34.7 Å². The molecular formula is C17H28N6O4. The van der Waals surface area contributed by atoms with Crippen LogP contribution in [0.4, 0.5) is 10.6 Å². The Bertz CT molecular complexity index is 685. The summed E-state index contributed by atoms with van der Waals surface area (Å²) in [6, 6.07) is 0. The molecule has 1 atom stereocenters. The number of fused-ring (bicyclic) bond motifs is 1. The van der Waals surface area contributed by atoms with Crippen molar-refractivity contribution in [1.82, 2.24) is 24.3 Å². The SMILES string of the molecule is CCOC(=O)N1CCN(CC(O)CN2CN(C)c3ncn(C)c3C2=O)CC1. The molecule has 1 saturated heterocycles. The van der Waals surface area contributed by atoms with Gasteiger partial charge in [-0.15, -0.1) is 0 Å². The Morgan fingerprint density at radius 2 is 1.96 bits per heavy atom. The molecule has 0 aromatic carbocycles. The molecule has 0 aliphatic carbocycles. The van der Waals surface area contributed by atoms with E-state index in [-0.39, 0.29) is 18.5 Å². The van der Waals surface area contributed by atoms with Crippen LogP contribution in [0, 0.1) is 0 Å². The zero-order valence-electron chi connectivity index (χ0n) is 16.2. The topological polar surface area (TPSA) is 94.4 Å². The summed E-state index contributed by atoms with van der Waals surface area (Å²) >= 11 is 0. The Morgan fingerprint density at radius 1 is 1.26 bits per heavy atom. The maximum Gasteiger partial charge on any atom is 0.409 e. The number of aliphatic hydroxyl groups excluding tert-OH is 1. The van der Waals surface area contributed by atoms with Crippen molar-refractivity contribution in [2.45, 2.75) is 13.0 Å². The lowest BCUT2D eigenvalue weighted by Gasteiger charge is -2.37. The molecule has 3 heterocycles. The van der Waals surface area contributed by atoms with E-state index < -0.39 is 6.10 Å². The van der Waals surface area contributed by atoms with Gasteiger partial charge in [0.15, 0.2) is 11.5 Å². The zero-order valence-corrected chi connectivity index (χ0v) is 16.2. The van der Waals surface area contributed by atoms with Gasteiger partial charge in [0.05, 0.1) is 25.7 Å². The predicted molar refractivity (Wildman–Crippen MR) is 98.6 cm³/mol. The van der Waals surface area contributed by atoms with Gasteiger partial charge in [0.25, 0.3) is 5.91 Å². The van der Waals surface area contributed by atoms with Gasteiger partial charge in [-0.3, -0.25) is 9.69 Å². The number of piperazine rings is 1. The van der Waals surface area contributed by atoms with E-state index in [0.717, 1.165) is 0 Å². The molecule has 27 heavy (non-hydrogen) atoms. The number of rotatable bonds is 5. The number of aryl methyl sites for hydroxylation is 1. The number of hydrogen-bond acceptors (Lipinski definition) is 7. The Labute approximate surface area is 158 Å². The Hall–Kier alpha value is -2.33. The standard InChI is InChI=1S/C17H28N6O4/c1-4-27-17(26)22-7-5-21(6-8-22)9-13(24)10-23-12-20(3)15-14(16(23)25)19(2)11-18-15/h11,13,24H,4-10,12H2,1-3H3. The molecule has 2 amide bonds. The lowest BCUT2D eigenvalue weighted by atomic mass is 10.2. The number of carbonyl (C=O) groups is 2. The first kappa shape index (κ1) is 19.4. The number of β-amino-alcohol motifs (C(OH)–C–C–N with tert-alkyl or cyclic N) is 1. The number of aliphatic hydroxyl groups is 1. The smallest absolute Gasteiger partial charge is 0.409 e. The minimum atomic E-state index is -0.661. The average molecular weight is 380 g/mol. The van der Waals surface area contributed by atoms with E-state index in [1.165, 1.54) is 0 Å².